The van der Waals surface area contributed by atoms with Gasteiger partial charge in [0.25, 0.3) is 0 Å². The number of nitrogens with zero attached hydrogens (tertiary/aromatic N) is 1. The third-order valence-electron chi connectivity index (χ3n) is 5.05. The summed E-state index contributed by atoms with van der Waals surface area (Å²) in [6.07, 6.45) is 0.534. The Balaban J connectivity index is 1.92. The summed E-state index contributed by atoms with van der Waals surface area (Å²) in [5.74, 6) is -0.367. The number of nitrogens with one attached hydrogen (secondary N) is 1. The minimum Gasteiger partial charge on any atom is -0.357 e. The zero-order valence-electron chi connectivity index (χ0n) is 17.2. The zero-order valence-corrected chi connectivity index (χ0v) is 18.7. The van der Waals surface area contributed by atoms with Crippen molar-refractivity contribution in [2.75, 3.05) is 7.05 Å². The summed E-state index contributed by atoms with van der Waals surface area (Å²) >= 11 is 12.1. The Labute approximate surface area is 192 Å². The number of halogens is 2. The fourth-order valence-electron chi connectivity index (χ4n) is 3.43. The van der Waals surface area contributed by atoms with Gasteiger partial charge in [-0.1, -0.05) is 89.9 Å². The maximum absolute atomic E-state index is 13.4. The average molecular weight is 455 g/mol. The summed E-state index contributed by atoms with van der Waals surface area (Å²) in [6, 6.07) is 23.8. The first kappa shape index (κ1) is 22.9. The standard InChI is InChI=1S/C25H24Cl2N2O2/c1-28-25(31)23(15-18-8-4-2-5-9-18)29(17-19-10-6-3-7-11-19)24(30)16-20-12-13-21(26)22(27)14-20/h2-14,23H,15-17H2,1H3,(H,28,31)/t23-/m0/s1. The molecule has 0 aliphatic heterocycles. The highest BCUT2D eigenvalue weighted by Crippen LogP contribution is 2.24. The molecule has 0 aromatic heterocycles. The molecular weight excluding hydrogens is 431 g/mol. The van der Waals surface area contributed by atoms with Crippen molar-refractivity contribution < 1.29 is 9.59 Å². The van der Waals surface area contributed by atoms with Gasteiger partial charge in [0.05, 0.1) is 16.5 Å². The molecule has 0 saturated heterocycles. The molecule has 3 aromatic carbocycles. The number of carbonyl (C=O) groups is 2. The lowest BCUT2D eigenvalue weighted by atomic mass is 10.0. The van der Waals surface area contributed by atoms with Gasteiger partial charge >= 0.3 is 0 Å². The van der Waals surface area contributed by atoms with Crippen molar-refractivity contribution in [3.05, 3.63) is 106 Å². The first-order valence-electron chi connectivity index (χ1n) is 10.0. The van der Waals surface area contributed by atoms with Crippen molar-refractivity contribution in [2.24, 2.45) is 0 Å². The van der Waals surface area contributed by atoms with Crippen LogP contribution >= 0.6 is 23.2 Å². The summed E-state index contributed by atoms with van der Waals surface area (Å²) in [6.45, 7) is 0.325. The maximum atomic E-state index is 13.4. The smallest absolute Gasteiger partial charge is 0.242 e. The second-order valence-corrected chi connectivity index (χ2v) is 8.07. The number of hydrogen-bond donors (Lipinski definition) is 1. The van der Waals surface area contributed by atoms with Gasteiger partial charge in [-0.05, 0) is 28.8 Å². The molecule has 0 aliphatic carbocycles. The Bertz CT molecular complexity index is 1030. The van der Waals surface area contributed by atoms with Gasteiger partial charge in [-0.2, -0.15) is 0 Å². The van der Waals surface area contributed by atoms with E-state index in [0.717, 1.165) is 16.7 Å². The molecule has 31 heavy (non-hydrogen) atoms. The number of amides is 2. The summed E-state index contributed by atoms with van der Waals surface area (Å²) in [7, 11) is 1.59. The third kappa shape index (κ3) is 6.33. The van der Waals surface area contributed by atoms with E-state index in [2.05, 4.69) is 5.32 Å². The monoisotopic (exact) mass is 454 g/mol. The second-order valence-electron chi connectivity index (χ2n) is 7.25. The molecular formula is C25H24Cl2N2O2. The topological polar surface area (TPSA) is 49.4 Å². The lowest BCUT2D eigenvalue weighted by Gasteiger charge is -2.31. The van der Waals surface area contributed by atoms with E-state index in [1.165, 1.54) is 0 Å². The predicted molar refractivity (Wildman–Crippen MR) is 125 cm³/mol. The Morgan fingerprint density at radius 2 is 1.45 bits per heavy atom. The Morgan fingerprint density at radius 1 is 0.839 bits per heavy atom. The van der Waals surface area contributed by atoms with Crippen molar-refractivity contribution in [3.63, 3.8) is 0 Å². The molecule has 3 aromatic rings. The Kier molecular flexibility index (Phi) is 8.10. The SMILES string of the molecule is CNC(=O)[C@H](Cc1ccccc1)N(Cc1ccccc1)C(=O)Cc1ccc(Cl)c(Cl)c1. The van der Waals surface area contributed by atoms with Gasteiger partial charge in [0.15, 0.2) is 0 Å². The third-order valence-corrected chi connectivity index (χ3v) is 5.79. The number of hydrogen-bond acceptors (Lipinski definition) is 2. The van der Waals surface area contributed by atoms with Crippen LogP contribution in [-0.4, -0.2) is 29.8 Å². The van der Waals surface area contributed by atoms with E-state index in [0.29, 0.717) is 23.0 Å². The number of benzene rings is 3. The fraction of sp³-hybridized carbons (Fsp3) is 0.200. The Morgan fingerprint density at radius 3 is 2.03 bits per heavy atom. The normalized spacial score (nSPS) is 11.6. The van der Waals surface area contributed by atoms with Crippen LogP contribution in [0.2, 0.25) is 10.0 Å². The molecule has 0 aliphatic rings. The van der Waals surface area contributed by atoms with Crippen LogP contribution in [0, 0.1) is 0 Å². The van der Waals surface area contributed by atoms with Crippen LogP contribution in [0.15, 0.2) is 78.9 Å². The number of rotatable bonds is 8. The molecule has 6 heteroatoms. The molecule has 0 unspecified atom stereocenters. The summed E-state index contributed by atoms with van der Waals surface area (Å²) in [5.41, 5.74) is 2.68. The largest absolute Gasteiger partial charge is 0.357 e. The van der Waals surface area contributed by atoms with Crippen LogP contribution in [0.25, 0.3) is 0 Å². The van der Waals surface area contributed by atoms with E-state index in [9.17, 15) is 9.59 Å². The van der Waals surface area contributed by atoms with Gasteiger partial charge < -0.3 is 10.2 Å². The average Bonchev–Trinajstić information content (AvgIpc) is 2.79. The number of carbonyl (C=O) groups excluding carboxylic acids is 2. The first-order valence-corrected chi connectivity index (χ1v) is 10.8. The minimum atomic E-state index is -0.650. The highest BCUT2D eigenvalue weighted by Gasteiger charge is 2.29. The quantitative estimate of drug-likeness (QED) is 0.524. The fourth-order valence-corrected chi connectivity index (χ4v) is 3.75. The molecule has 0 spiro atoms. The molecule has 3 rings (SSSR count). The van der Waals surface area contributed by atoms with Gasteiger partial charge in [0.2, 0.25) is 11.8 Å². The van der Waals surface area contributed by atoms with Crippen LogP contribution in [0.4, 0.5) is 0 Å². The molecule has 1 N–H and O–H groups in total. The highest BCUT2D eigenvalue weighted by atomic mass is 35.5. The molecule has 0 heterocycles. The lowest BCUT2D eigenvalue weighted by molar-refractivity contribution is -0.140. The van der Waals surface area contributed by atoms with Crippen molar-refractivity contribution in [2.45, 2.75) is 25.4 Å². The molecule has 160 valence electrons. The van der Waals surface area contributed by atoms with Crippen molar-refractivity contribution in [3.8, 4) is 0 Å². The van der Waals surface area contributed by atoms with E-state index >= 15 is 0 Å². The van der Waals surface area contributed by atoms with E-state index in [1.54, 1.807) is 30.1 Å². The van der Waals surface area contributed by atoms with E-state index < -0.39 is 6.04 Å². The van der Waals surface area contributed by atoms with Crippen molar-refractivity contribution in [1.82, 2.24) is 10.2 Å². The molecule has 1 atom stereocenters. The van der Waals surface area contributed by atoms with Crippen molar-refractivity contribution >= 4 is 35.0 Å². The van der Waals surface area contributed by atoms with Gasteiger partial charge in [0.1, 0.15) is 6.04 Å². The number of likely N-dealkylation sites (N-methyl/N-ethyl adjacent to an activating group) is 1. The van der Waals surface area contributed by atoms with E-state index in [1.807, 2.05) is 60.7 Å². The van der Waals surface area contributed by atoms with Crippen LogP contribution in [0.3, 0.4) is 0 Å². The van der Waals surface area contributed by atoms with E-state index in [4.69, 9.17) is 23.2 Å². The molecule has 2 amide bonds. The van der Waals surface area contributed by atoms with Crippen LogP contribution in [0.5, 0.6) is 0 Å². The predicted octanol–water partition coefficient (Wildman–Crippen LogP) is 4.92. The van der Waals surface area contributed by atoms with Gasteiger partial charge in [0, 0.05) is 20.0 Å². The van der Waals surface area contributed by atoms with Gasteiger partial charge in [-0.15, -0.1) is 0 Å². The minimum absolute atomic E-state index is 0.117. The van der Waals surface area contributed by atoms with Crippen molar-refractivity contribution in [1.29, 1.82) is 0 Å². The molecule has 0 saturated carbocycles. The van der Waals surface area contributed by atoms with Gasteiger partial charge in [-0.3, -0.25) is 9.59 Å². The molecule has 0 radical (unpaired) electrons. The second kappa shape index (κ2) is 11.0. The Hall–Kier alpha value is -2.82. The summed E-state index contributed by atoms with van der Waals surface area (Å²) < 4.78 is 0. The molecule has 4 nitrogen and oxygen atoms in total. The van der Waals surface area contributed by atoms with E-state index in [-0.39, 0.29) is 18.2 Å². The van der Waals surface area contributed by atoms with Crippen LogP contribution in [-0.2, 0) is 29.0 Å². The molecule has 0 bridgehead atoms. The first-order chi connectivity index (χ1) is 15.0. The van der Waals surface area contributed by atoms with Gasteiger partial charge in [-0.25, -0.2) is 0 Å². The van der Waals surface area contributed by atoms with Crippen LogP contribution in [0.1, 0.15) is 16.7 Å². The highest BCUT2D eigenvalue weighted by molar-refractivity contribution is 6.42. The summed E-state index contributed by atoms with van der Waals surface area (Å²) in [5, 5.41) is 3.55. The zero-order chi connectivity index (χ0) is 22.2. The van der Waals surface area contributed by atoms with Crippen LogP contribution < -0.4 is 5.32 Å². The lowest BCUT2D eigenvalue weighted by Crippen LogP contribution is -2.50. The maximum Gasteiger partial charge on any atom is 0.242 e. The summed E-state index contributed by atoms with van der Waals surface area (Å²) in [4.78, 5) is 27.9. The molecule has 0 fully saturated rings.